The molecular formula is C42H56O6. The molecule has 7 rings (SSSR count). The van der Waals surface area contributed by atoms with Crippen LogP contribution in [0.1, 0.15) is 96.3 Å². The van der Waals surface area contributed by atoms with Gasteiger partial charge in [0, 0.05) is 19.3 Å². The molecule has 11 unspecified atom stereocenters. The average molecular weight is 657 g/mol. The van der Waals surface area contributed by atoms with Gasteiger partial charge >= 0.3 is 0 Å². The maximum absolute atomic E-state index is 10.3. The summed E-state index contributed by atoms with van der Waals surface area (Å²) in [6.45, 7) is 0. The fourth-order valence-corrected chi connectivity index (χ4v) is 10.3. The largest absolute Gasteiger partial charge is 0.513 e. The maximum atomic E-state index is 10.3. The predicted molar refractivity (Wildman–Crippen MR) is 189 cm³/mol. The van der Waals surface area contributed by atoms with Crippen LogP contribution < -0.4 is 0 Å². The van der Waals surface area contributed by atoms with Crippen LogP contribution in [0, 0.1) is 41.4 Å². The Morgan fingerprint density at radius 1 is 0.521 bits per heavy atom. The fraction of sp³-hybridized carbons (Fsp3) is 0.619. The van der Waals surface area contributed by atoms with Crippen LogP contribution in [0.15, 0.2) is 94.1 Å². The lowest BCUT2D eigenvalue weighted by Crippen LogP contribution is -2.30. The minimum absolute atomic E-state index is 0.169. The van der Waals surface area contributed by atoms with E-state index in [1.807, 2.05) is 18.2 Å². The summed E-state index contributed by atoms with van der Waals surface area (Å²) in [6.07, 6.45) is 31.2. The van der Waals surface area contributed by atoms with E-state index in [1.165, 1.54) is 34.8 Å². The minimum atomic E-state index is -0.614. The molecule has 0 aromatic rings. The molecular weight excluding hydrogens is 600 g/mol. The highest BCUT2D eigenvalue weighted by Gasteiger charge is 2.37. The van der Waals surface area contributed by atoms with E-state index in [0.29, 0.717) is 66.9 Å². The van der Waals surface area contributed by atoms with Crippen LogP contribution in [0.2, 0.25) is 0 Å². The molecule has 0 aliphatic heterocycles. The van der Waals surface area contributed by atoms with Gasteiger partial charge in [-0.25, -0.2) is 0 Å². The first-order valence-corrected chi connectivity index (χ1v) is 18.9. The summed E-state index contributed by atoms with van der Waals surface area (Å²) in [5, 5.41) is 61.3. The van der Waals surface area contributed by atoms with Gasteiger partial charge in [0.15, 0.2) is 0 Å². The highest BCUT2D eigenvalue weighted by Crippen LogP contribution is 2.48. The van der Waals surface area contributed by atoms with E-state index in [9.17, 15) is 30.6 Å². The lowest BCUT2D eigenvalue weighted by molar-refractivity contribution is 0.0901. The van der Waals surface area contributed by atoms with Crippen molar-refractivity contribution in [2.45, 2.75) is 121 Å². The van der Waals surface area contributed by atoms with Gasteiger partial charge in [-0.05, 0) is 159 Å². The number of rotatable bonds is 6. The molecule has 260 valence electrons. The second-order valence-corrected chi connectivity index (χ2v) is 16.2. The molecule has 6 nitrogen and oxygen atoms in total. The van der Waals surface area contributed by atoms with Gasteiger partial charge in [-0.2, -0.15) is 0 Å². The molecule has 7 aliphatic rings. The summed E-state index contributed by atoms with van der Waals surface area (Å²) in [7, 11) is 0. The standard InChI is InChI=1S/C42H56O6/c43-37-16-34(17-38(44)22-37)28-7-1-25(2-8-28)31-13-32(26-3-9-29(10-4-26)35-18-39(45)23-40(46)19-35)15-33(14-31)27-5-11-30(12-6-27)36-20-41(47)24-42(48)21-36/h1,3,7,11,13,16,18,20,24-25,27-29,31,33-34,38-40,42-48H,2,4-6,8-10,12,14-15,17,19,21-23H2. The van der Waals surface area contributed by atoms with Crippen molar-refractivity contribution in [2.75, 3.05) is 0 Å². The smallest absolute Gasteiger partial charge is 0.114 e. The van der Waals surface area contributed by atoms with Crippen molar-refractivity contribution in [1.29, 1.82) is 0 Å². The Bertz CT molecular complexity index is 1460. The summed E-state index contributed by atoms with van der Waals surface area (Å²) in [6, 6.07) is 0. The van der Waals surface area contributed by atoms with Gasteiger partial charge in [-0.3, -0.25) is 0 Å². The zero-order valence-corrected chi connectivity index (χ0v) is 28.3. The second kappa shape index (κ2) is 14.7. The topological polar surface area (TPSA) is 121 Å². The highest BCUT2D eigenvalue weighted by atomic mass is 16.3. The number of hydrogen-bond donors (Lipinski definition) is 6. The van der Waals surface area contributed by atoms with Crippen molar-refractivity contribution in [3.05, 3.63) is 94.1 Å². The van der Waals surface area contributed by atoms with Crippen molar-refractivity contribution >= 4 is 0 Å². The van der Waals surface area contributed by atoms with Gasteiger partial charge in [-0.15, -0.1) is 0 Å². The summed E-state index contributed by atoms with van der Waals surface area (Å²) < 4.78 is 0. The molecule has 0 fully saturated rings. The fourth-order valence-electron chi connectivity index (χ4n) is 10.3. The summed E-state index contributed by atoms with van der Waals surface area (Å²) in [5.41, 5.74) is 6.64. The van der Waals surface area contributed by atoms with Crippen molar-refractivity contribution in [2.24, 2.45) is 41.4 Å². The summed E-state index contributed by atoms with van der Waals surface area (Å²) >= 11 is 0. The van der Waals surface area contributed by atoms with Gasteiger partial charge < -0.3 is 30.6 Å². The first-order chi connectivity index (χ1) is 23.2. The molecule has 11 atom stereocenters. The van der Waals surface area contributed by atoms with E-state index < -0.39 is 24.4 Å². The molecule has 0 bridgehead atoms. The number of aliphatic hydroxyl groups is 6. The van der Waals surface area contributed by atoms with Crippen molar-refractivity contribution in [1.82, 2.24) is 0 Å². The normalized spacial score (nSPS) is 40.8. The molecule has 0 saturated carbocycles. The van der Waals surface area contributed by atoms with E-state index >= 15 is 0 Å². The molecule has 0 aromatic heterocycles. The molecule has 6 heteroatoms. The van der Waals surface area contributed by atoms with Crippen LogP contribution in [-0.2, 0) is 0 Å². The van der Waals surface area contributed by atoms with E-state index in [0.717, 1.165) is 69.8 Å². The van der Waals surface area contributed by atoms with Gasteiger partial charge in [-0.1, -0.05) is 42.0 Å². The first-order valence-electron chi connectivity index (χ1n) is 18.9. The maximum Gasteiger partial charge on any atom is 0.114 e. The number of hydrogen-bond acceptors (Lipinski definition) is 6. The third-order valence-corrected chi connectivity index (χ3v) is 12.8. The monoisotopic (exact) mass is 656 g/mol. The Morgan fingerprint density at radius 3 is 1.88 bits per heavy atom. The van der Waals surface area contributed by atoms with Crippen LogP contribution in [0.25, 0.3) is 0 Å². The average Bonchev–Trinajstić information content (AvgIpc) is 3.07. The van der Waals surface area contributed by atoms with Crippen molar-refractivity contribution in [3.8, 4) is 0 Å². The third-order valence-electron chi connectivity index (χ3n) is 12.8. The molecule has 0 amide bonds. The Hall–Kier alpha value is -2.64. The lowest BCUT2D eigenvalue weighted by Gasteiger charge is -2.41. The number of allylic oxidation sites excluding steroid dienone is 10. The zero-order valence-electron chi connectivity index (χ0n) is 28.3. The Kier molecular flexibility index (Phi) is 10.4. The number of aliphatic hydroxyl groups excluding tert-OH is 6. The predicted octanol–water partition coefficient (Wildman–Crippen LogP) is 7.76. The van der Waals surface area contributed by atoms with Gasteiger partial charge in [0.1, 0.15) is 5.76 Å². The van der Waals surface area contributed by atoms with E-state index in [1.54, 1.807) is 0 Å². The summed E-state index contributed by atoms with van der Waals surface area (Å²) in [5.74, 6) is 3.69. The zero-order chi connectivity index (χ0) is 33.4. The Morgan fingerprint density at radius 2 is 1.23 bits per heavy atom. The van der Waals surface area contributed by atoms with Crippen LogP contribution in [0.4, 0.5) is 0 Å². The molecule has 0 aromatic carbocycles. The van der Waals surface area contributed by atoms with Crippen LogP contribution in [0.3, 0.4) is 0 Å². The third kappa shape index (κ3) is 7.88. The molecule has 0 radical (unpaired) electrons. The summed E-state index contributed by atoms with van der Waals surface area (Å²) in [4.78, 5) is 0. The van der Waals surface area contributed by atoms with E-state index in [-0.39, 0.29) is 11.7 Å². The molecule has 48 heavy (non-hydrogen) atoms. The quantitative estimate of drug-likeness (QED) is 0.163. The second-order valence-electron chi connectivity index (χ2n) is 16.2. The van der Waals surface area contributed by atoms with E-state index in [2.05, 4.69) is 30.4 Å². The van der Waals surface area contributed by atoms with Gasteiger partial charge in [0.05, 0.1) is 30.2 Å². The molecule has 0 spiro atoms. The lowest BCUT2D eigenvalue weighted by atomic mass is 9.64. The van der Waals surface area contributed by atoms with E-state index in [4.69, 9.17) is 0 Å². The van der Waals surface area contributed by atoms with Gasteiger partial charge in [0.2, 0.25) is 0 Å². The van der Waals surface area contributed by atoms with Crippen LogP contribution >= 0.6 is 0 Å². The Balaban J connectivity index is 1.08. The molecule has 0 saturated heterocycles. The Labute approximate surface area is 286 Å². The van der Waals surface area contributed by atoms with Gasteiger partial charge in [0.25, 0.3) is 0 Å². The first kappa shape index (κ1) is 33.8. The van der Waals surface area contributed by atoms with Crippen molar-refractivity contribution < 1.29 is 30.6 Å². The van der Waals surface area contributed by atoms with Crippen LogP contribution in [0.5, 0.6) is 0 Å². The van der Waals surface area contributed by atoms with Crippen molar-refractivity contribution in [3.63, 3.8) is 0 Å². The highest BCUT2D eigenvalue weighted by molar-refractivity contribution is 5.41. The SMILES string of the molecule is OC1=CC(O)CC(C2=CCC(C3CC(C4=CCC(C5=CC(O)CC(O)C5)CC4)=CC(C4C=CC(C5C=C(O)CC(O)C5)CC4)C3)CC2)=C1. The van der Waals surface area contributed by atoms with Crippen LogP contribution in [-0.4, -0.2) is 55.1 Å². The minimum Gasteiger partial charge on any atom is -0.513 e. The molecule has 0 heterocycles. The molecule has 7 aliphatic carbocycles. The molecule has 6 N–H and O–H groups in total.